The maximum atomic E-state index is 12.1. The zero-order valence-corrected chi connectivity index (χ0v) is 14.5. The summed E-state index contributed by atoms with van der Waals surface area (Å²) in [4.78, 5) is 12.1. The van der Waals surface area contributed by atoms with Crippen molar-refractivity contribution in [2.24, 2.45) is 0 Å². The molecule has 0 aliphatic carbocycles. The van der Waals surface area contributed by atoms with E-state index in [1.807, 2.05) is 0 Å². The Morgan fingerprint density at radius 2 is 1.88 bits per heavy atom. The van der Waals surface area contributed by atoms with Crippen molar-refractivity contribution in [3.8, 4) is 0 Å². The zero-order chi connectivity index (χ0) is 17.8. The number of aliphatic hydroxyl groups is 3. The maximum Gasteiger partial charge on any atom is 0.163 e. The highest BCUT2D eigenvalue weighted by molar-refractivity contribution is 6.43. The van der Waals surface area contributed by atoms with Gasteiger partial charge < -0.3 is 24.6 Å². The number of Topliss-reactive ketones (excluding diaryl/α,β-unsaturated/α-hetero) is 1. The Morgan fingerprint density at radius 3 is 2.42 bits per heavy atom. The molecule has 1 aliphatic rings. The van der Waals surface area contributed by atoms with Crippen molar-refractivity contribution in [1.29, 1.82) is 0 Å². The molecule has 1 saturated heterocycles. The number of halogens is 2. The fourth-order valence-corrected chi connectivity index (χ4v) is 3.62. The van der Waals surface area contributed by atoms with Gasteiger partial charge in [0.15, 0.2) is 12.0 Å². The van der Waals surface area contributed by atoms with Crippen molar-refractivity contribution >= 4 is 39.9 Å². The summed E-state index contributed by atoms with van der Waals surface area (Å²) >= 11 is 12.2. The number of aromatic nitrogens is 1. The number of carbonyl (C=O) groups excluding carboxylic acids is 1. The summed E-state index contributed by atoms with van der Waals surface area (Å²) in [7, 11) is 0. The lowest BCUT2D eigenvalue weighted by molar-refractivity contribution is -0.0514. The minimum Gasteiger partial charge on any atom is -0.394 e. The molecule has 3 N–H and O–H groups in total. The molecule has 130 valence electrons. The van der Waals surface area contributed by atoms with Crippen molar-refractivity contribution in [2.75, 3.05) is 6.61 Å². The summed E-state index contributed by atoms with van der Waals surface area (Å²) in [6.07, 6.45) is -4.36. The van der Waals surface area contributed by atoms with Crippen molar-refractivity contribution in [2.45, 2.75) is 38.4 Å². The van der Waals surface area contributed by atoms with Gasteiger partial charge in [0.05, 0.1) is 22.2 Å². The monoisotopic (exact) mass is 373 g/mol. The Labute approximate surface area is 148 Å². The first-order valence-corrected chi connectivity index (χ1v) is 8.16. The van der Waals surface area contributed by atoms with Gasteiger partial charge in [-0.1, -0.05) is 23.2 Å². The van der Waals surface area contributed by atoms with Crippen LogP contribution in [-0.4, -0.2) is 50.6 Å². The summed E-state index contributed by atoms with van der Waals surface area (Å²) in [6.45, 7) is 2.72. The number of ether oxygens (including phenoxy) is 1. The van der Waals surface area contributed by atoms with Gasteiger partial charge in [-0.15, -0.1) is 0 Å². The molecule has 2 aromatic rings. The van der Waals surface area contributed by atoms with E-state index in [1.165, 1.54) is 6.92 Å². The largest absolute Gasteiger partial charge is 0.394 e. The molecule has 0 spiro atoms. The molecule has 2 heterocycles. The van der Waals surface area contributed by atoms with Crippen LogP contribution in [-0.2, 0) is 4.74 Å². The zero-order valence-electron chi connectivity index (χ0n) is 13.0. The van der Waals surface area contributed by atoms with Crippen LogP contribution in [0.15, 0.2) is 12.1 Å². The highest BCUT2D eigenvalue weighted by atomic mass is 35.5. The van der Waals surface area contributed by atoms with E-state index in [9.17, 15) is 20.1 Å². The molecule has 0 radical (unpaired) electrons. The van der Waals surface area contributed by atoms with Crippen molar-refractivity contribution in [3.05, 3.63) is 33.4 Å². The first-order valence-electron chi connectivity index (χ1n) is 7.40. The predicted octanol–water partition coefficient (Wildman–Crippen LogP) is 2.07. The number of hydrogen-bond donors (Lipinski definition) is 3. The van der Waals surface area contributed by atoms with Gasteiger partial charge in [0.2, 0.25) is 0 Å². The number of rotatable bonds is 3. The number of benzene rings is 1. The van der Waals surface area contributed by atoms with E-state index in [-0.39, 0.29) is 5.78 Å². The smallest absolute Gasteiger partial charge is 0.163 e. The number of carbonyl (C=O) groups is 1. The molecule has 0 amide bonds. The second-order valence-electron chi connectivity index (χ2n) is 5.90. The van der Waals surface area contributed by atoms with Crippen LogP contribution in [0.3, 0.4) is 0 Å². The fourth-order valence-electron chi connectivity index (χ4n) is 3.30. The van der Waals surface area contributed by atoms with Crippen molar-refractivity contribution in [1.82, 2.24) is 4.57 Å². The number of hydrogen-bond acceptors (Lipinski definition) is 5. The van der Waals surface area contributed by atoms with E-state index >= 15 is 0 Å². The minimum absolute atomic E-state index is 0.165. The summed E-state index contributed by atoms with van der Waals surface area (Å²) < 4.78 is 7.21. The van der Waals surface area contributed by atoms with Gasteiger partial charge in [-0.05, 0) is 26.0 Å². The molecule has 4 unspecified atom stereocenters. The Hall–Kier alpha value is -1.15. The summed E-state index contributed by atoms with van der Waals surface area (Å²) in [5.41, 5.74) is 1.56. The van der Waals surface area contributed by atoms with Gasteiger partial charge in [-0.2, -0.15) is 0 Å². The lowest BCUT2D eigenvalue weighted by Crippen LogP contribution is -2.33. The average molecular weight is 374 g/mol. The van der Waals surface area contributed by atoms with E-state index < -0.39 is 31.1 Å². The van der Waals surface area contributed by atoms with Crippen molar-refractivity contribution < 1.29 is 24.9 Å². The molecule has 1 aromatic carbocycles. The molecule has 0 bridgehead atoms. The Balaban J connectivity index is 2.27. The quantitative estimate of drug-likeness (QED) is 0.716. The third-order valence-electron chi connectivity index (χ3n) is 4.41. The number of nitrogens with zero attached hydrogens (tertiary/aromatic N) is 1. The molecule has 1 aliphatic heterocycles. The lowest BCUT2D eigenvalue weighted by atomic mass is 10.1. The number of fused-ring (bicyclic) bond motifs is 1. The summed E-state index contributed by atoms with van der Waals surface area (Å²) in [6, 6.07) is 3.19. The Morgan fingerprint density at radius 1 is 1.25 bits per heavy atom. The predicted molar refractivity (Wildman–Crippen MR) is 89.7 cm³/mol. The molecule has 3 rings (SSSR count). The highest BCUT2D eigenvalue weighted by Crippen LogP contribution is 2.39. The first kappa shape index (κ1) is 17.7. The Kier molecular flexibility index (Phi) is 4.63. The number of aliphatic hydroxyl groups excluding tert-OH is 3. The van der Waals surface area contributed by atoms with Gasteiger partial charge in [0.25, 0.3) is 0 Å². The van der Waals surface area contributed by atoms with Crippen LogP contribution in [0.2, 0.25) is 10.0 Å². The molecule has 0 saturated carbocycles. The summed E-state index contributed by atoms with van der Waals surface area (Å²) in [5, 5.41) is 30.8. The second kappa shape index (κ2) is 6.29. The Bertz CT molecular complexity index is 819. The van der Waals surface area contributed by atoms with Gasteiger partial charge in [-0.25, -0.2) is 0 Å². The minimum atomic E-state index is -1.26. The fraction of sp³-hybridized carbons (Fsp3) is 0.438. The molecular formula is C16H17Cl2NO5. The molecule has 6 nitrogen and oxygen atoms in total. The average Bonchev–Trinajstić information content (AvgIpc) is 2.94. The second-order valence-corrected chi connectivity index (χ2v) is 6.71. The highest BCUT2D eigenvalue weighted by Gasteiger charge is 2.44. The molecule has 1 fully saturated rings. The lowest BCUT2D eigenvalue weighted by Gasteiger charge is -2.20. The topological polar surface area (TPSA) is 91.9 Å². The van der Waals surface area contributed by atoms with E-state index in [4.69, 9.17) is 27.9 Å². The van der Waals surface area contributed by atoms with Gasteiger partial charge in [-0.3, -0.25) is 4.79 Å². The normalized spacial score (nSPS) is 27.1. The third kappa shape index (κ3) is 2.54. The van der Waals surface area contributed by atoms with Crippen LogP contribution in [0.1, 0.15) is 29.2 Å². The third-order valence-corrected chi connectivity index (χ3v) is 5.14. The molecule has 1 aromatic heterocycles. The van der Waals surface area contributed by atoms with E-state index in [1.54, 1.807) is 23.6 Å². The van der Waals surface area contributed by atoms with E-state index in [0.717, 1.165) is 0 Å². The SMILES string of the molecule is CC(=O)c1c(C)n(C2OC(CO)C(O)C2O)c2cc(Cl)c(Cl)cc12. The standard InChI is InChI=1S/C16H17Cl2NO5/c1-6-13(7(2)21)8-3-9(17)10(18)4-11(8)19(6)16-15(23)14(22)12(5-20)24-16/h3-4,12,14-16,20,22-23H,5H2,1-2H3. The van der Waals surface area contributed by atoms with E-state index in [2.05, 4.69) is 0 Å². The van der Waals surface area contributed by atoms with Crippen LogP contribution in [0.5, 0.6) is 0 Å². The first-order chi connectivity index (χ1) is 11.3. The van der Waals surface area contributed by atoms with Crippen LogP contribution in [0.4, 0.5) is 0 Å². The van der Waals surface area contributed by atoms with Crippen LogP contribution in [0, 0.1) is 6.92 Å². The molecule has 24 heavy (non-hydrogen) atoms. The molecule has 4 atom stereocenters. The van der Waals surface area contributed by atoms with Crippen molar-refractivity contribution in [3.63, 3.8) is 0 Å². The number of ketones is 1. The van der Waals surface area contributed by atoms with E-state index in [0.29, 0.717) is 32.2 Å². The molecular weight excluding hydrogens is 357 g/mol. The van der Waals surface area contributed by atoms with Crippen LogP contribution < -0.4 is 0 Å². The summed E-state index contributed by atoms with van der Waals surface area (Å²) in [5.74, 6) is -0.165. The maximum absolute atomic E-state index is 12.1. The van der Waals surface area contributed by atoms with Crippen LogP contribution in [0.25, 0.3) is 10.9 Å². The van der Waals surface area contributed by atoms with Gasteiger partial charge in [0.1, 0.15) is 18.3 Å². The molecule has 8 heteroatoms. The van der Waals surface area contributed by atoms with Crippen LogP contribution >= 0.6 is 23.2 Å². The van der Waals surface area contributed by atoms with Gasteiger partial charge in [0, 0.05) is 16.6 Å². The van der Waals surface area contributed by atoms with Gasteiger partial charge >= 0.3 is 0 Å².